The average molecular weight is 476 g/mol. The van der Waals surface area contributed by atoms with Crippen molar-refractivity contribution < 1.29 is 23.8 Å². The van der Waals surface area contributed by atoms with Crippen LogP contribution in [-0.2, 0) is 17.9 Å². The van der Waals surface area contributed by atoms with Gasteiger partial charge in [0.2, 0.25) is 5.82 Å². The van der Waals surface area contributed by atoms with Crippen LogP contribution in [0.15, 0.2) is 28.4 Å². The number of thiophene rings is 1. The molecular formula is C23H26FN3O5S. The first-order valence-electron chi connectivity index (χ1n) is 10.8. The molecule has 0 atom stereocenters. The number of methoxy groups -OCH3 is 1. The number of halogens is 1. The Bertz CT molecular complexity index is 1190. The van der Waals surface area contributed by atoms with Gasteiger partial charge in [0.25, 0.3) is 11.5 Å². The Hall–Kier alpha value is -2.82. The van der Waals surface area contributed by atoms with Crippen LogP contribution in [0, 0.1) is 11.7 Å². The Morgan fingerprint density at radius 2 is 2.12 bits per heavy atom. The largest absolute Gasteiger partial charge is 0.494 e. The lowest BCUT2D eigenvalue weighted by Crippen LogP contribution is -2.27. The third-order valence-corrected chi connectivity index (χ3v) is 6.75. The number of aliphatic hydroxyl groups is 1. The number of fused-ring (bicyclic) bond motifs is 1. The number of carbonyl (C=O) groups is 1. The number of aromatic amines is 1. The second-order valence-corrected chi connectivity index (χ2v) is 9.05. The van der Waals surface area contributed by atoms with Crippen molar-refractivity contribution in [2.45, 2.75) is 44.9 Å². The van der Waals surface area contributed by atoms with E-state index in [-0.39, 0.29) is 24.2 Å². The summed E-state index contributed by atoms with van der Waals surface area (Å²) < 4.78 is 24.3. The molecule has 33 heavy (non-hydrogen) atoms. The molecule has 2 aromatic heterocycles. The standard InChI is InChI=1S/C23H26FN3O5S/c1-31-18-8-14(4-7-17(18)24)9-25-22(30)20-26-21(29)19-15(12-33-23(19)27-20)11-32-10-13-2-5-16(28)6-3-13/h4,7-8,12-13,16,28H,2-3,5-6,9-11H2,1H3,(H,25,30)(H,26,27,29). The highest BCUT2D eigenvalue weighted by atomic mass is 32.1. The van der Waals surface area contributed by atoms with Crippen LogP contribution in [0.4, 0.5) is 4.39 Å². The number of amides is 1. The van der Waals surface area contributed by atoms with Crippen LogP contribution in [0.5, 0.6) is 5.75 Å². The highest BCUT2D eigenvalue weighted by Crippen LogP contribution is 2.26. The van der Waals surface area contributed by atoms with Gasteiger partial charge in [-0.1, -0.05) is 6.07 Å². The second kappa shape index (κ2) is 10.4. The fourth-order valence-electron chi connectivity index (χ4n) is 3.95. The van der Waals surface area contributed by atoms with E-state index in [0.717, 1.165) is 31.2 Å². The van der Waals surface area contributed by atoms with Crippen molar-refractivity contribution in [3.63, 3.8) is 0 Å². The van der Waals surface area contributed by atoms with Crippen LogP contribution < -0.4 is 15.6 Å². The molecule has 0 unspecified atom stereocenters. The second-order valence-electron chi connectivity index (χ2n) is 8.20. The van der Waals surface area contributed by atoms with E-state index in [1.807, 2.05) is 5.38 Å². The number of aliphatic hydroxyl groups excluding tert-OH is 1. The normalized spacial score (nSPS) is 18.4. The molecule has 4 rings (SSSR count). The summed E-state index contributed by atoms with van der Waals surface area (Å²) in [5.41, 5.74) is 0.993. The maximum absolute atomic E-state index is 13.5. The zero-order chi connectivity index (χ0) is 23.4. The molecule has 3 N–H and O–H groups in total. The molecule has 2 heterocycles. The van der Waals surface area contributed by atoms with E-state index in [9.17, 15) is 19.1 Å². The Balaban J connectivity index is 1.38. The molecule has 1 fully saturated rings. The molecule has 0 saturated heterocycles. The van der Waals surface area contributed by atoms with E-state index in [0.29, 0.717) is 34.9 Å². The highest BCUT2D eigenvalue weighted by Gasteiger charge is 2.20. The Kier molecular flexibility index (Phi) is 7.36. The molecule has 0 spiro atoms. The van der Waals surface area contributed by atoms with Gasteiger partial charge in [0, 0.05) is 18.7 Å². The molecule has 1 aliphatic rings. The van der Waals surface area contributed by atoms with E-state index in [4.69, 9.17) is 9.47 Å². The Morgan fingerprint density at radius 1 is 1.33 bits per heavy atom. The summed E-state index contributed by atoms with van der Waals surface area (Å²) in [6.45, 7) is 1.00. The van der Waals surface area contributed by atoms with Gasteiger partial charge in [0.05, 0.1) is 25.2 Å². The minimum Gasteiger partial charge on any atom is -0.494 e. The van der Waals surface area contributed by atoms with E-state index >= 15 is 0 Å². The smallest absolute Gasteiger partial charge is 0.287 e. The topological polar surface area (TPSA) is 114 Å². The summed E-state index contributed by atoms with van der Waals surface area (Å²) in [5.74, 6) is -0.603. The SMILES string of the molecule is COc1cc(CNC(=O)c2nc3scc(COCC4CCC(O)CC4)c3c(=O)[nH]2)ccc1F. The number of nitrogens with zero attached hydrogens (tertiary/aromatic N) is 1. The first-order chi connectivity index (χ1) is 15.9. The van der Waals surface area contributed by atoms with E-state index in [1.54, 1.807) is 6.07 Å². The van der Waals surface area contributed by atoms with Crippen molar-refractivity contribution in [1.82, 2.24) is 15.3 Å². The van der Waals surface area contributed by atoms with Gasteiger partial charge in [0.15, 0.2) is 11.6 Å². The van der Waals surface area contributed by atoms with Crippen LogP contribution in [0.25, 0.3) is 10.2 Å². The lowest BCUT2D eigenvalue weighted by Gasteiger charge is -2.25. The number of nitrogens with one attached hydrogen (secondary N) is 2. The number of rotatable bonds is 8. The minimum absolute atomic E-state index is 0.0864. The third-order valence-electron chi connectivity index (χ3n) is 5.83. The third kappa shape index (κ3) is 5.58. The van der Waals surface area contributed by atoms with Gasteiger partial charge in [-0.25, -0.2) is 9.37 Å². The Labute approximate surface area is 193 Å². The summed E-state index contributed by atoms with van der Waals surface area (Å²) in [6, 6.07) is 4.30. The van der Waals surface area contributed by atoms with Crippen molar-refractivity contribution in [1.29, 1.82) is 0 Å². The van der Waals surface area contributed by atoms with E-state index < -0.39 is 17.3 Å². The maximum atomic E-state index is 13.5. The molecule has 1 aromatic carbocycles. The lowest BCUT2D eigenvalue weighted by atomic mass is 9.88. The van der Waals surface area contributed by atoms with Crippen molar-refractivity contribution in [3.05, 3.63) is 56.7 Å². The summed E-state index contributed by atoms with van der Waals surface area (Å²) in [7, 11) is 1.37. The van der Waals surface area contributed by atoms with E-state index in [1.165, 1.54) is 30.6 Å². The number of ether oxygens (including phenoxy) is 2. The minimum atomic E-state index is -0.539. The van der Waals surface area contributed by atoms with Crippen LogP contribution in [0.2, 0.25) is 0 Å². The first kappa shape index (κ1) is 23.3. The number of benzene rings is 1. The summed E-state index contributed by atoms with van der Waals surface area (Å²) >= 11 is 1.28. The number of H-pyrrole nitrogens is 1. The van der Waals surface area contributed by atoms with Crippen LogP contribution in [0.3, 0.4) is 0 Å². The molecule has 176 valence electrons. The van der Waals surface area contributed by atoms with Gasteiger partial charge in [0.1, 0.15) is 4.83 Å². The molecule has 3 aromatic rings. The maximum Gasteiger partial charge on any atom is 0.287 e. The molecule has 1 saturated carbocycles. The average Bonchev–Trinajstić information content (AvgIpc) is 3.23. The van der Waals surface area contributed by atoms with E-state index in [2.05, 4.69) is 15.3 Å². The molecule has 0 bridgehead atoms. The zero-order valence-electron chi connectivity index (χ0n) is 18.2. The van der Waals surface area contributed by atoms with Gasteiger partial charge in [-0.2, -0.15) is 0 Å². The van der Waals surface area contributed by atoms with Crippen molar-refractivity contribution >= 4 is 27.5 Å². The van der Waals surface area contributed by atoms with Gasteiger partial charge in [-0.05, 0) is 54.7 Å². The fraction of sp³-hybridized carbons (Fsp3) is 0.435. The van der Waals surface area contributed by atoms with Crippen LogP contribution in [0.1, 0.15) is 47.4 Å². The van der Waals surface area contributed by atoms with Crippen LogP contribution >= 0.6 is 11.3 Å². The predicted molar refractivity (Wildman–Crippen MR) is 122 cm³/mol. The summed E-state index contributed by atoms with van der Waals surface area (Å²) in [4.78, 5) is 32.5. The highest BCUT2D eigenvalue weighted by molar-refractivity contribution is 7.16. The van der Waals surface area contributed by atoms with Crippen molar-refractivity contribution in [3.8, 4) is 5.75 Å². The first-order valence-corrected chi connectivity index (χ1v) is 11.7. The monoisotopic (exact) mass is 475 g/mol. The Morgan fingerprint density at radius 3 is 2.88 bits per heavy atom. The van der Waals surface area contributed by atoms with Gasteiger partial charge < -0.3 is 24.9 Å². The number of hydrogen-bond acceptors (Lipinski definition) is 7. The molecule has 1 aliphatic carbocycles. The molecular weight excluding hydrogens is 449 g/mol. The van der Waals surface area contributed by atoms with Crippen LogP contribution in [-0.4, -0.2) is 40.8 Å². The number of carbonyl (C=O) groups excluding carboxylic acids is 1. The van der Waals surface area contributed by atoms with Crippen molar-refractivity contribution in [2.75, 3.05) is 13.7 Å². The molecule has 0 aliphatic heterocycles. The lowest BCUT2D eigenvalue weighted by molar-refractivity contribution is 0.0449. The molecule has 0 radical (unpaired) electrons. The molecule has 1 amide bonds. The molecule has 8 nitrogen and oxygen atoms in total. The quantitative estimate of drug-likeness (QED) is 0.461. The summed E-state index contributed by atoms with van der Waals surface area (Å²) in [6.07, 6.45) is 3.29. The summed E-state index contributed by atoms with van der Waals surface area (Å²) in [5, 5.41) is 14.5. The number of aromatic nitrogens is 2. The van der Waals surface area contributed by atoms with Crippen molar-refractivity contribution in [2.24, 2.45) is 5.92 Å². The predicted octanol–water partition coefficient (Wildman–Crippen LogP) is 3.13. The van der Waals surface area contributed by atoms with Gasteiger partial charge >= 0.3 is 0 Å². The fourth-order valence-corrected chi connectivity index (χ4v) is 4.87. The zero-order valence-corrected chi connectivity index (χ0v) is 19.0. The van der Waals surface area contributed by atoms with Gasteiger partial charge in [-0.3, -0.25) is 9.59 Å². The number of hydrogen-bond donors (Lipinski definition) is 3. The van der Waals surface area contributed by atoms with Gasteiger partial charge in [-0.15, -0.1) is 11.3 Å². The molecule has 10 heteroatoms.